The molecule has 0 fully saturated rings. The number of hydrogen-bond acceptors (Lipinski definition) is 4. The molecule has 0 amide bonds. The average Bonchev–Trinajstić information content (AvgIpc) is 2.25. The van der Waals surface area contributed by atoms with Crippen molar-refractivity contribution in [1.29, 1.82) is 0 Å². The lowest BCUT2D eigenvalue weighted by Crippen LogP contribution is -2.32. The Hall–Kier alpha value is -2.09. The molecule has 0 spiro atoms. The van der Waals surface area contributed by atoms with Crippen LogP contribution in [-0.4, -0.2) is 33.6 Å². The van der Waals surface area contributed by atoms with Gasteiger partial charge in [0, 0.05) is 18.4 Å². The van der Waals surface area contributed by atoms with E-state index in [1.807, 2.05) is 18.7 Å². The van der Waals surface area contributed by atoms with Crippen LogP contribution in [0.4, 0.5) is 5.95 Å². The van der Waals surface area contributed by atoms with E-state index in [4.69, 9.17) is 11.5 Å². The topological polar surface area (TPSA) is 66.3 Å². The van der Waals surface area contributed by atoms with E-state index < -0.39 is 5.97 Å². The summed E-state index contributed by atoms with van der Waals surface area (Å²) in [6.07, 6.45) is 7.79. The van der Waals surface area contributed by atoms with Crippen LogP contribution in [0.3, 0.4) is 0 Å². The number of hydrogen-bond donors (Lipinski definition) is 1. The molecule has 1 aromatic heterocycles. The molecule has 0 atom stereocenters. The van der Waals surface area contributed by atoms with Crippen LogP contribution in [0.15, 0.2) is 12.4 Å². The van der Waals surface area contributed by atoms with Crippen LogP contribution in [0.25, 0.3) is 0 Å². The summed E-state index contributed by atoms with van der Waals surface area (Å²) in [4.78, 5) is 20.4. The van der Waals surface area contributed by atoms with Crippen molar-refractivity contribution in [3.8, 4) is 12.3 Å². The highest BCUT2D eigenvalue weighted by molar-refractivity contribution is 5.86. The highest BCUT2D eigenvalue weighted by atomic mass is 16.4. The molecule has 1 aromatic rings. The average molecular weight is 219 g/mol. The Labute approximate surface area is 94.1 Å². The Morgan fingerprint density at radius 3 is 2.50 bits per heavy atom. The standard InChI is InChI=1S/C11H13N3O2/c1-4-5-14(8(2)3)11-12-6-9(7-13-11)10(15)16/h1,6-8H,5H2,2-3H3,(H,15,16). The predicted molar refractivity (Wildman–Crippen MR) is 60.3 cm³/mol. The Balaban J connectivity index is 2.95. The molecule has 0 saturated carbocycles. The third-order valence-corrected chi connectivity index (χ3v) is 2.03. The molecule has 1 rings (SSSR count). The summed E-state index contributed by atoms with van der Waals surface area (Å²) in [5, 5.41) is 8.70. The van der Waals surface area contributed by atoms with Crippen molar-refractivity contribution in [3.05, 3.63) is 18.0 Å². The minimum absolute atomic E-state index is 0.0631. The van der Waals surface area contributed by atoms with Crippen LogP contribution in [0.1, 0.15) is 24.2 Å². The monoisotopic (exact) mass is 219 g/mol. The van der Waals surface area contributed by atoms with Crippen molar-refractivity contribution in [3.63, 3.8) is 0 Å². The first-order valence-corrected chi connectivity index (χ1v) is 4.81. The van der Waals surface area contributed by atoms with Crippen LogP contribution in [-0.2, 0) is 0 Å². The molecule has 1 N–H and O–H groups in total. The van der Waals surface area contributed by atoms with Crippen molar-refractivity contribution in [1.82, 2.24) is 9.97 Å². The SMILES string of the molecule is C#CCN(c1ncc(C(=O)O)cn1)C(C)C. The molecule has 0 unspecified atom stereocenters. The van der Waals surface area contributed by atoms with Gasteiger partial charge in [-0.2, -0.15) is 0 Å². The zero-order chi connectivity index (χ0) is 12.1. The van der Waals surface area contributed by atoms with Gasteiger partial charge in [0.25, 0.3) is 0 Å². The second kappa shape index (κ2) is 5.12. The third-order valence-electron chi connectivity index (χ3n) is 2.03. The Kier molecular flexibility index (Phi) is 3.84. The molecule has 0 aliphatic carbocycles. The lowest BCUT2D eigenvalue weighted by molar-refractivity contribution is 0.0696. The zero-order valence-corrected chi connectivity index (χ0v) is 9.21. The smallest absolute Gasteiger partial charge is 0.338 e. The summed E-state index contributed by atoms with van der Waals surface area (Å²) in [5.74, 6) is 1.92. The summed E-state index contributed by atoms with van der Waals surface area (Å²) in [7, 11) is 0. The lowest BCUT2D eigenvalue weighted by Gasteiger charge is -2.23. The summed E-state index contributed by atoms with van der Waals surface area (Å²) in [5.41, 5.74) is 0.0631. The molecule has 0 aliphatic rings. The number of carbonyl (C=O) groups is 1. The number of anilines is 1. The van der Waals surface area contributed by atoms with Crippen LogP contribution >= 0.6 is 0 Å². The first kappa shape index (κ1) is 12.0. The summed E-state index contributed by atoms with van der Waals surface area (Å²) < 4.78 is 0. The lowest BCUT2D eigenvalue weighted by atomic mass is 10.3. The Bertz CT molecular complexity index is 406. The number of carboxylic acids is 1. The van der Waals surface area contributed by atoms with Gasteiger partial charge in [0.2, 0.25) is 5.95 Å². The van der Waals surface area contributed by atoms with E-state index >= 15 is 0 Å². The maximum absolute atomic E-state index is 10.6. The van der Waals surface area contributed by atoms with Gasteiger partial charge < -0.3 is 10.0 Å². The molecular formula is C11H13N3O2. The molecule has 5 nitrogen and oxygen atoms in total. The van der Waals surface area contributed by atoms with Crippen molar-refractivity contribution in [2.24, 2.45) is 0 Å². The first-order valence-electron chi connectivity index (χ1n) is 4.81. The zero-order valence-electron chi connectivity index (χ0n) is 9.21. The Morgan fingerprint density at radius 2 is 2.12 bits per heavy atom. The van der Waals surface area contributed by atoms with Gasteiger partial charge in [-0.15, -0.1) is 6.42 Å². The molecule has 0 saturated heterocycles. The number of terminal acetylenes is 1. The van der Waals surface area contributed by atoms with Crippen molar-refractivity contribution in [2.45, 2.75) is 19.9 Å². The van der Waals surface area contributed by atoms with E-state index in [1.165, 1.54) is 12.4 Å². The third kappa shape index (κ3) is 2.70. The van der Waals surface area contributed by atoms with Gasteiger partial charge >= 0.3 is 5.97 Å². The molecule has 0 bridgehead atoms. The molecule has 1 heterocycles. The first-order chi connectivity index (χ1) is 7.56. The molecule has 16 heavy (non-hydrogen) atoms. The number of carboxylic acid groups (broad SMARTS) is 1. The molecule has 0 aromatic carbocycles. The van der Waals surface area contributed by atoms with E-state index in [0.717, 1.165) is 0 Å². The number of rotatable bonds is 4. The summed E-state index contributed by atoms with van der Waals surface area (Å²) >= 11 is 0. The minimum Gasteiger partial charge on any atom is -0.478 e. The van der Waals surface area contributed by atoms with Crippen LogP contribution in [0.5, 0.6) is 0 Å². The number of aromatic carboxylic acids is 1. The fourth-order valence-corrected chi connectivity index (χ4v) is 1.16. The highest BCUT2D eigenvalue weighted by Crippen LogP contribution is 2.10. The number of aromatic nitrogens is 2. The van der Waals surface area contributed by atoms with E-state index in [1.54, 1.807) is 0 Å². The molecule has 0 aliphatic heterocycles. The normalized spacial score (nSPS) is 9.88. The van der Waals surface area contributed by atoms with Gasteiger partial charge in [-0.25, -0.2) is 14.8 Å². The summed E-state index contributed by atoms with van der Waals surface area (Å²) in [6, 6.07) is 0.159. The Morgan fingerprint density at radius 1 is 1.56 bits per heavy atom. The second-order valence-corrected chi connectivity index (χ2v) is 3.50. The van der Waals surface area contributed by atoms with E-state index in [0.29, 0.717) is 12.5 Å². The maximum atomic E-state index is 10.6. The fraction of sp³-hybridized carbons (Fsp3) is 0.364. The van der Waals surface area contributed by atoms with Crippen molar-refractivity contribution < 1.29 is 9.90 Å². The van der Waals surface area contributed by atoms with Gasteiger partial charge in [0.05, 0.1) is 12.1 Å². The van der Waals surface area contributed by atoms with E-state index in [2.05, 4.69) is 15.9 Å². The highest BCUT2D eigenvalue weighted by Gasteiger charge is 2.13. The molecule has 5 heteroatoms. The largest absolute Gasteiger partial charge is 0.478 e. The van der Waals surface area contributed by atoms with E-state index in [-0.39, 0.29) is 11.6 Å². The molecule has 84 valence electrons. The van der Waals surface area contributed by atoms with E-state index in [9.17, 15) is 4.79 Å². The van der Waals surface area contributed by atoms with Gasteiger partial charge in [0.15, 0.2) is 0 Å². The summed E-state index contributed by atoms with van der Waals surface area (Å²) in [6.45, 7) is 4.32. The van der Waals surface area contributed by atoms with Crippen LogP contribution < -0.4 is 4.90 Å². The molecular weight excluding hydrogens is 206 g/mol. The van der Waals surface area contributed by atoms with Gasteiger partial charge in [-0.1, -0.05) is 5.92 Å². The van der Waals surface area contributed by atoms with Crippen molar-refractivity contribution in [2.75, 3.05) is 11.4 Å². The fourth-order valence-electron chi connectivity index (χ4n) is 1.16. The predicted octanol–water partition coefficient (Wildman–Crippen LogP) is 1.02. The quantitative estimate of drug-likeness (QED) is 0.766. The van der Waals surface area contributed by atoms with Crippen LogP contribution in [0.2, 0.25) is 0 Å². The molecule has 0 radical (unpaired) electrons. The second-order valence-electron chi connectivity index (χ2n) is 3.50. The van der Waals surface area contributed by atoms with Gasteiger partial charge in [-0.3, -0.25) is 0 Å². The van der Waals surface area contributed by atoms with Crippen LogP contribution in [0, 0.1) is 12.3 Å². The number of nitrogens with zero attached hydrogens (tertiary/aromatic N) is 3. The van der Waals surface area contributed by atoms with Crippen molar-refractivity contribution >= 4 is 11.9 Å². The van der Waals surface area contributed by atoms with Gasteiger partial charge in [-0.05, 0) is 13.8 Å². The van der Waals surface area contributed by atoms with Gasteiger partial charge in [0.1, 0.15) is 0 Å². The maximum Gasteiger partial charge on any atom is 0.338 e. The minimum atomic E-state index is -1.04.